The van der Waals surface area contributed by atoms with Crippen molar-refractivity contribution in [2.75, 3.05) is 5.73 Å². The van der Waals surface area contributed by atoms with E-state index in [1.807, 2.05) is 0 Å². The number of nitrogens with two attached hydrogens (primary N) is 1. The van der Waals surface area contributed by atoms with Crippen LogP contribution < -0.4 is 5.73 Å². The van der Waals surface area contributed by atoms with Crippen LogP contribution in [0.2, 0.25) is 0 Å². The van der Waals surface area contributed by atoms with Crippen LogP contribution >= 0.6 is 0 Å². The maximum absolute atomic E-state index is 12.1. The van der Waals surface area contributed by atoms with Crippen LogP contribution in [0.5, 0.6) is 0 Å². The number of anilines is 1. The van der Waals surface area contributed by atoms with E-state index in [1.165, 1.54) is 0 Å². The quantitative estimate of drug-likeness (QED) is 0.552. The summed E-state index contributed by atoms with van der Waals surface area (Å²) in [7, 11) is 0. The highest BCUT2D eigenvalue weighted by atomic mass is 19.1. The van der Waals surface area contributed by atoms with E-state index in [2.05, 4.69) is 9.97 Å². The Morgan fingerprint density at radius 1 is 1.67 bits per heavy atom. The fourth-order valence-corrected chi connectivity index (χ4v) is 0.441. The van der Waals surface area contributed by atoms with E-state index in [-0.39, 0.29) is 5.82 Å². The molecule has 48 valence electrons. The first-order valence-electron chi connectivity index (χ1n) is 2.45. The fraction of sp³-hybridized carbons (Fsp3) is 0.200. The summed E-state index contributed by atoms with van der Waals surface area (Å²) in [4.78, 5) is 6.94. The maximum Gasteiger partial charge on any atom is 0.233 e. The third kappa shape index (κ3) is 1.13. The molecule has 0 aromatic carbocycles. The summed E-state index contributed by atoms with van der Waals surface area (Å²) in [5.41, 5.74) is 5.76. The summed E-state index contributed by atoms with van der Waals surface area (Å²) >= 11 is 0. The summed E-state index contributed by atoms with van der Waals surface area (Å²) in [6.07, 6.45) is 1.03. The molecular formula is C5H6FN3. The monoisotopic (exact) mass is 127 g/mol. The minimum atomic E-state index is -0.641. The summed E-state index contributed by atoms with van der Waals surface area (Å²) in [5.74, 6) is -0.492. The number of nitrogens with zero attached hydrogens (tertiary/aromatic N) is 2. The SMILES string of the molecule is Cc1ncc(F)nc1N. The normalized spacial score (nSPS) is 9.56. The van der Waals surface area contributed by atoms with Crippen LogP contribution in [0.1, 0.15) is 5.69 Å². The van der Waals surface area contributed by atoms with Gasteiger partial charge in [-0.1, -0.05) is 0 Å². The van der Waals surface area contributed by atoms with E-state index in [0.29, 0.717) is 5.69 Å². The minimum Gasteiger partial charge on any atom is -0.382 e. The highest BCUT2D eigenvalue weighted by Crippen LogP contribution is 2.01. The lowest BCUT2D eigenvalue weighted by Gasteiger charge is -1.93. The van der Waals surface area contributed by atoms with Crippen LogP contribution in [0.25, 0.3) is 0 Å². The topological polar surface area (TPSA) is 51.8 Å². The van der Waals surface area contributed by atoms with Crippen LogP contribution in [0, 0.1) is 12.9 Å². The van der Waals surface area contributed by atoms with Gasteiger partial charge in [-0.05, 0) is 6.92 Å². The van der Waals surface area contributed by atoms with Gasteiger partial charge in [-0.15, -0.1) is 0 Å². The molecule has 0 aliphatic rings. The number of rotatable bonds is 0. The van der Waals surface area contributed by atoms with Crippen LogP contribution in [-0.4, -0.2) is 9.97 Å². The Balaban J connectivity index is 3.17. The minimum absolute atomic E-state index is 0.148. The lowest BCUT2D eigenvalue weighted by Crippen LogP contribution is -1.98. The molecule has 4 heteroatoms. The molecular weight excluding hydrogens is 121 g/mol. The Bertz CT molecular complexity index is 223. The van der Waals surface area contributed by atoms with Gasteiger partial charge in [0.1, 0.15) is 5.82 Å². The first kappa shape index (κ1) is 5.94. The van der Waals surface area contributed by atoms with E-state index in [9.17, 15) is 4.39 Å². The second-order valence-corrected chi connectivity index (χ2v) is 1.66. The number of nitrogen functional groups attached to an aromatic ring is 1. The van der Waals surface area contributed by atoms with Crippen LogP contribution in [0.3, 0.4) is 0 Å². The van der Waals surface area contributed by atoms with Gasteiger partial charge in [-0.2, -0.15) is 9.37 Å². The molecule has 9 heavy (non-hydrogen) atoms. The maximum atomic E-state index is 12.1. The lowest BCUT2D eigenvalue weighted by atomic mass is 10.5. The zero-order valence-corrected chi connectivity index (χ0v) is 4.93. The van der Waals surface area contributed by atoms with Crippen LogP contribution in [0.4, 0.5) is 10.2 Å². The molecule has 1 rings (SSSR count). The Labute approximate surface area is 51.7 Å². The van der Waals surface area contributed by atoms with Gasteiger partial charge < -0.3 is 5.73 Å². The molecule has 0 unspecified atom stereocenters. The predicted octanol–water partition coefficient (Wildman–Crippen LogP) is 0.506. The largest absolute Gasteiger partial charge is 0.382 e. The van der Waals surface area contributed by atoms with Crippen molar-refractivity contribution in [2.24, 2.45) is 0 Å². The fourth-order valence-electron chi connectivity index (χ4n) is 0.441. The van der Waals surface area contributed by atoms with Crippen molar-refractivity contribution in [3.8, 4) is 0 Å². The molecule has 0 bridgehead atoms. The van der Waals surface area contributed by atoms with E-state index in [1.54, 1.807) is 6.92 Å². The molecule has 1 aromatic rings. The van der Waals surface area contributed by atoms with Crippen molar-refractivity contribution in [3.05, 3.63) is 17.8 Å². The Morgan fingerprint density at radius 2 is 2.33 bits per heavy atom. The number of hydrogen-bond acceptors (Lipinski definition) is 3. The Morgan fingerprint density at radius 3 is 2.78 bits per heavy atom. The average Bonchev–Trinajstić information content (AvgIpc) is 1.80. The third-order valence-electron chi connectivity index (χ3n) is 0.963. The summed E-state index contributed by atoms with van der Waals surface area (Å²) in [6, 6.07) is 0. The second-order valence-electron chi connectivity index (χ2n) is 1.66. The van der Waals surface area contributed by atoms with Gasteiger partial charge in [0.25, 0.3) is 0 Å². The van der Waals surface area contributed by atoms with Crippen molar-refractivity contribution in [3.63, 3.8) is 0 Å². The summed E-state index contributed by atoms with van der Waals surface area (Å²) in [6.45, 7) is 1.67. The summed E-state index contributed by atoms with van der Waals surface area (Å²) in [5, 5.41) is 0. The lowest BCUT2D eigenvalue weighted by molar-refractivity contribution is 0.577. The van der Waals surface area contributed by atoms with Gasteiger partial charge in [0.2, 0.25) is 5.95 Å². The van der Waals surface area contributed by atoms with Gasteiger partial charge >= 0.3 is 0 Å². The molecule has 1 heterocycles. The molecule has 0 aliphatic carbocycles. The molecule has 2 N–H and O–H groups in total. The number of halogens is 1. The zero-order valence-electron chi connectivity index (χ0n) is 4.93. The van der Waals surface area contributed by atoms with Gasteiger partial charge in [-0.25, -0.2) is 0 Å². The van der Waals surface area contributed by atoms with E-state index in [0.717, 1.165) is 6.20 Å². The van der Waals surface area contributed by atoms with Crippen molar-refractivity contribution in [1.82, 2.24) is 9.97 Å². The molecule has 0 radical (unpaired) electrons. The standard InChI is InChI=1S/C5H6FN3/c1-3-5(7)9-4(6)2-8-3/h2H,1H3,(H2,7,9). The van der Waals surface area contributed by atoms with Gasteiger partial charge in [-0.3, -0.25) is 4.98 Å². The van der Waals surface area contributed by atoms with Gasteiger partial charge in [0, 0.05) is 0 Å². The zero-order chi connectivity index (χ0) is 6.85. The molecule has 0 saturated heterocycles. The first-order valence-corrected chi connectivity index (χ1v) is 2.45. The van der Waals surface area contributed by atoms with Gasteiger partial charge in [0.15, 0.2) is 0 Å². The smallest absolute Gasteiger partial charge is 0.233 e. The molecule has 3 nitrogen and oxygen atoms in total. The predicted molar refractivity (Wildman–Crippen MR) is 31.1 cm³/mol. The summed E-state index contributed by atoms with van der Waals surface area (Å²) < 4.78 is 12.1. The van der Waals surface area contributed by atoms with E-state index >= 15 is 0 Å². The molecule has 1 aromatic heterocycles. The highest BCUT2D eigenvalue weighted by Gasteiger charge is 1.95. The van der Waals surface area contributed by atoms with E-state index < -0.39 is 5.95 Å². The molecule has 0 spiro atoms. The van der Waals surface area contributed by atoms with Crippen molar-refractivity contribution in [1.29, 1.82) is 0 Å². The van der Waals surface area contributed by atoms with E-state index in [4.69, 9.17) is 5.73 Å². The first-order chi connectivity index (χ1) is 4.20. The Hall–Kier alpha value is -1.19. The Kier molecular flexibility index (Phi) is 1.30. The molecule has 0 amide bonds. The van der Waals surface area contributed by atoms with Crippen molar-refractivity contribution in [2.45, 2.75) is 6.92 Å². The number of aromatic nitrogens is 2. The molecule has 0 atom stereocenters. The average molecular weight is 127 g/mol. The molecule has 0 aliphatic heterocycles. The number of hydrogen-bond donors (Lipinski definition) is 1. The highest BCUT2D eigenvalue weighted by molar-refractivity contribution is 5.31. The van der Waals surface area contributed by atoms with Crippen molar-refractivity contribution >= 4 is 5.82 Å². The van der Waals surface area contributed by atoms with Crippen molar-refractivity contribution < 1.29 is 4.39 Å². The molecule has 0 saturated carbocycles. The number of aryl methyl sites for hydroxylation is 1. The van der Waals surface area contributed by atoms with Gasteiger partial charge in [0.05, 0.1) is 11.9 Å². The molecule has 0 fully saturated rings. The van der Waals surface area contributed by atoms with Crippen LogP contribution in [0.15, 0.2) is 6.20 Å². The van der Waals surface area contributed by atoms with Crippen LogP contribution in [-0.2, 0) is 0 Å². The second kappa shape index (κ2) is 1.97. The third-order valence-corrected chi connectivity index (χ3v) is 0.963.